The van der Waals surface area contributed by atoms with Crippen molar-refractivity contribution < 1.29 is 38.1 Å². The SMILES string of the molecule is CCCOc1cc(-c2ccc(C(=C(c3ccc(-c4ccc(C=O)c(OCCC)c4)cc3)c3ccc(-c4ccc(C=O)c(OCCC)c4)cc3)c3ccc(-c4ccc(C=O)c(OCCC)c4)cc3)cc2)ccc1C=O. The number of hydrogen-bond donors (Lipinski definition) is 0. The van der Waals surface area contributed by atoms with E-state index in [1.165, 1.54) is 0 Å². The molecule has 0 heterocycles. The zero-order valence-corrected chi connectivity index (χ0v) is 42.4. The van der Waals surface area contributed by atoms with E-state index >= 15 is 0 Å². The minimum absolute atomic E-state index is 0.500. The Morgan fingerprint density at radius 3 is 0.649 bits per heavy atom. The van der Waals surface area contributed by atoms with Crippen LogP contribution >= 0.6 is 0 Å². The summed E-state index contributed by atoms with van der Waals surface area (Å²) in [5, 5.41) is 0. The summed E-state index contributed by atoms with van der Waals surface area (Å²) in [5.74, 6) is 2.21. The van der Waals surface area contributed by atoms with Gasteiger partial charge in [-0.25, -0.2) is 0 Å². The minimum atomic E-state index is 0.500. The number of ether oxygens (including phenoxy) is 4. The second-order valence-electron chi connectivity index (χ2n) is 17.9. The van der Waals surface area contributed by atoms with Gasteiger partial charge in [-0.05, 0) is 152 Å². The number of aldehydes is 4. The lowest BCUT2D eigenvalue weighted by molar-refractivity contribution is 0.111. The summed E-state index contributed by atoms with van der Waals surface area (Å²) in [7, 11) is 0. The van der Waals surface area contributed by atoms with E-state index in [9.17, 15) is 19.2 Å². The molecule has 0 unspecified atom stereocenters. The third kappa shape index (κ3) is 12.0. The van der Waals surface area contributed by atoms with Crippen molar-refractivity contribution in [3.8, 4) is 67.5 Å². The molecule has 0 amide bonds. The van der Waals surface area contributed by atoms with Gasteiger partial charge >= 0.3 is 0 Å². The van der Waals surface area contributed by atoms with Crippen LogP contribution in [0, 0.1) is 0 Å². The van der Waals surface area contributed by atoms with Crippen LogP contribution in [0.15, 0.2) is 170 Å². The monoisotopic (exact) mass is 980 g/mol. The number of carbonyl (C=O) groups excluding carboxylic acids is 4. The molecule has 0 bridgehead atoms. The van der Waals surface area contributed by atoms with Crippen LogP contribution in [0.2, 0.25) is 0 Å². The molecule has 74 heavy (non-hydrogen) atoms. The molecular formula is C66H60O8. The normalized spacial score (nSPS) is 10.8. The van der Waals surface area contributed by atoms with Gasteiger partial charge in [0.05, 0.1) is 48.7 Å². The van der Waals surface area contributed by atoms with Gasteiger partial charge in [-0.15, -0.1) is 0 Å². The molecule has 8 rings (SSSR count). The Labute approximate surface area is 434 Å². The van der Waals surface area contributed by atoms with Crippen LogP contribution in [0.1, 0.15) is 117 Å². The van der Waals surface area contributed by atoms with E-state index in [2.05, 4.69) is 97.1 Å². The topological polar surface area (TPSA) is 105 Å². The van der Waals surface area contributed by atoms with E-state index in [0.717, 1.165) is 129 Å². The summed E-state index contributed by atoms with van der Waals surface area (Å²) in [6.07, 6.45) is 6.56. The Kier molecular flexibility index (Phi) is 17.6. The molecule has 8 heteroatoms. The molecule has 0 fully saturated rings. The first-order valence-corrected chi connectivity index (χ1v) is 25.4. The van der Waals surface area contributed by atoms with Crippen molar-refractivity contribution >= 4 is 36.3 Å². The average molecular weight is 981 g/mol. The average Bonchev–Trinajstić information content (AvgIpc) is 3.46. The fraction of sp³-hybridized carbons (Fsp3) is 0.182. The molecule has 0 saturated heterocycles. The lowest BCUT2D eigenvalue weighted by Crippen LogP contribution is -2.00. The van der Waals surface area contributed by atoms with Gasteiger partial charge in [0.15, 0.2) is 25.1 Å². The van der Waals surface area contributed by atoms with Gasteiger partial charge in [-0.3, -0.25) is 19.2 Å². The Bertz CT molecular complexity index is 2820. The van der Waals surface area contributed by atoms with Crippen LogP contribution in [0.3, 0.4) is 0 Å². The summed E-state index contributed by atoms with van der Waals surface area (Å²) < 4.78 is 24.0. The molecule has 0 N–H and O–H groups in total. The molecule has 0 aliphatic rings. The van der Waals surface area contributed by atoms with Gasteiger partial charge in [0, 0.05) is 0 Å². The van der Waals surface area contributed by atoms with Crippen molar-refractivity contribution in [2.45, 2.75) is 53.4 Å². The highest BCUT2D eigenvalue weighted by Gasteiger charge is 2.19. The van der Waals surface area contributed by atoms with Gasteiger partial charge in [0.25, 0.3) is 0 Å². The molecule has 8 nitrogen and oxygen atoms in total. The molecule has 0 saturated carbocycles. The summed E-state index contributed by atoms with van der Waals surface area (Å²) in [6, 6.07) is 56.6. The van der Waals surface area contributed by atoms with Gasteiger partial charge in [0.2, 0.25) is 0 Å². The highest BCUT2D eigenvalue weighted by Crippen LogP contribution is 2.41. The third-order valence-corrected chi connectivity index (χ3v) is 12.7. The quantitative estimate of drug-likeness (QED) is 0.0435. The van der Waals surface area contributed by atoms with Crippen LogP contribution in [-0.4, -0.2) is 51.6 Å². The van der Waals surface area contributed by atoms with E-state index in [4.69, 9.17) is 18.9 Å². The smallest absolute Gasteiger partial charge is 0.153 e. The fourth-order valence-corrected chi connectivity index (χ4v) is 8.82. The van der Waals surface area contributed by atoms with Crippen molar-refractivity contribution in [3.63, 3.8) is 0 Å². The van der Waals surface area contributed by atoms with E-state index < -0.39 is 0 Å². The van der Waals surface area contributed by atoms with E-state index in [-0.39, 0.29) is 0 Å². The summed E-state index contributed by atoms with van der Waals surface area (Å²) in [6.45, 7) is 10.1. The maximum absolute atomic E-state index is 12.0. The molecule has 0 spiro atoms. The van der Waals surface area contributed by atoms with Crippen molar-refractivity contribution in [3.05, 3.63) is 214 Å². The molecule has 0 radical (unpaired) electrons. The standard InChI is InChI=1S/C66H60O8/c1-5-33-71-61-37-53(25-29-57(61)41-67)45-9-17-49(18-10-45)65(50-19-11-46(12-20-50)54-26-30-58(42-68)62(38-54)72-34-6-2)66(51-21-13-47(14-22-51)55-27-31-59(43-69)63(39-55)73-35-7-3)52-23-15-48(16-24-52)56-28-32-60(44-70)64(40-56)74-36-8-4/h9-32,37-44H,5-8,33-36H2,1-4H3. The first kappa shape index (κ1) is 51.7. The summed E-state index contributed by atoms with van der Waals surface area (Å²) in [4.78, 5) is 47.8. The van der Waals surface area contributed by atoms with E-state index in [1.54, 1.807) is 24.3 Å². The van der Waals surface area contributed by atoms with Crippen LogP contribution in [0.5, 0.6) is 23.0 Å². The Balaban J connectivity index is 1.32. The van der Waals surface area contributed by atoms with Crippen LogP contribution in [-0.2, 0) is 0 Å². The van der Waals surface area contributed by atoms with Crippen molar-refractivity contribution in [1.29, 1.82) is 0 Å². The highest BCUT2D eigenvalue weighted by molar-refractivity contribution is 6.05. The second kappa shape index (κ2) is 25.2. The predicted molar refractivity (Wildman–Crippen MR) is 297 cm³/mol. The molecule has 0 aliphatic heterocycles. The fourth-order valence-electron chi connectivity index (χ4n) is 8.82. The Morgan fingerprint density at radius 2 is 0.473 bits per heavy atom. The number of benzene rings is 8. The first-order chi connectivity index (χ1) is 36.3. The Hall–Kier alpha value is -8.62. The van der Waals surface area contributed by atoms with Crippen LogP contribution in [0.25, 0.3) is 55.7 Å². The minimum Gasteiger partial charge on any atom is -0.493 e. The molecule has 8 aromatic carbocycles. The molecular weight excluding hydrogens is 921 g/mol. The largest absolute Gasteiger partial charge is 0.493 e. The lowest BCUT2D eigenvalue weighted by atomic mass is 9.84. The van der Waals surface area contributed by atoms with E-state index in [1.807, 2.05) is 76.2 Å². The molecule has 0 aliphatic carbocycles. The lowest BCUT2D eigenvalue weighted by Gasteiger charge is -2.20. The number of carbonyl (C=O) groups is 4. The zero-order valence-electron chi connectivity index (χ0n) is 42.4. The maximum Gasteiger partial charge on any atom is 0.153 e. The van der Waals surface area contributed by atoms with Crippen molar-refractivity contribution in [1.82, 2.24) is 0 Å². The van der Waals surface area contributed by atoms with Gasteiger partial charge in [0.1, 0.15) is 23.0 Å². The van der Waals surface area contributed by atoms with E-state index in [0.29, 0.717) is 71.7 Å². The Morgan fingerprint density at radius 1 is 0.284 bits per heavy atom. The molecule has 0 atom stereocenters. The van der Waals surface area contributed by atoms with Gasteiger partial charge in [-0.2, -0.15) is 0 Å². The predicted octanol–water partition coefficient (Wildman–Crippen LogP) is 15.8. The first-order valence-electron chi connectivity index (χ1n) is 25.4. The van der Waals surface area contributed by atoms with Crippen LogP contribution < -0.4 is 18.9 Å². The molecule has 372 valence electrons. The summed E-state index contributed by atoms with van der Waals surface area (Å²) >= 11 is 0. The van der Waals surface area contributed by atoms with Gasteiger partial charge in [-0.1, -0.05) is 149 Å². The zero-order chi connectivity index (χ0) is 51.8. The number of rotatable bonds is 24. The second-order valence-corrected chi connectivity index (χ2v) is 17.9. The third-order valence-electron chi connectivity index (χ3n) is 12.7. The highest BCUT2D eigenvalue weighted by atomic mass is 16.5. The van der Waals surface area contributed by atoms with Crippen molar-refractivity contribution in [2.75, 3.05) is 26.4 Å². The van der Waals surface area contributed by atoms with Gasteiger partial charge < -0.3 is 18.9 Å². The summed E-state index contributed by atoms with van der Waals surface area (Å²) in [5.41, 5.74) is 15.4. The molecule has 0 aromatic heterocycles. The van der Waals surface area contributed by atoms with Crippen molar-refractivity contribution in [2.24, 2.45) is 0 Å². The number of hydrogen-bond acceptors (Lipinski definition) is 8. The molecule has 8 aromatic rings. The van der Waals surface area contributed by atoms with Crippen LogP contribution in [0.4, 0.5) is 0 Å². The maximum atomic E-state index is 12.0.